The smallest absolute Gasteiger partial charge is 0.243 e. The van der Waals surface area contributed by atoms with E-state index in [1.54, 1.807) is 37.3 Å². The highest BCUT2D eigenvalue weighted by Crippen LogP contribution is 2.29. The van der Waals surface area contributed by atoms with Crippen molar-refractivity contribution in [3.05, 3.63) is 114 Å². The van der Waals surface area contributed by atoms with E-state index >= 15 is 0 Å². The molecule has 4 aromatic carbocycles. The van der Waals surface area contributed by atoms with Gasteiger partial charge in [0.1, 0.15) is 17.5 Å². The molecule has 0 heterocycles. The molecule has 0 fully saturated rings. The number of methoxy groups -OCH3 is 1. The van der Waals surface area contributed by atoms with Crippen LogP contribution in [0, 0.1) is 6.92 Å². The predicted molar refractivity (Wildman–Crippen MR) is 144 cm³/mol. The number of rotatable bonds is 10. The third-order valence-electron chi connectivity index (χ3n) is 5.69. The Hall–Kier alpha value is -4.14. The fourth-order valence-corrected chi connectivity index (χ4v) is 5.09. The Morgan fingerprint density at radius 2 is 1.49 bits per heavy atom. The molecule has 190 valence electrons. The molecule has 0 radical (unpaired) electrons. The van der Waals surface area contributed by atoms with E-state index in [1.807, 2.05) is 60.7 Å². The van der Waals surface area contributed by atoms with Gasteiger partial charge in [0, 0.05) is 0 Å². The van der Waals surface area contributed by atoms with Gasteiger partial charge in [0.2, 0.25) is 15.9 Å². The molecule has 1 atom stereocenters. The maximum absolute atomic E-state index is 13.5. The van der Waals surface area contributed by atoms with Crippen LogP contribution in [0.1, 0.15) is 11.1 Å². The fourth-order valence-electron chi connectivity index (χ4n) is 3.81. The second-order valence-electron chi connectivity index (χ2n) is 8.40. The van der Waals surface area contributed by atoms with Crippen LogP contribution in [0.4, 0.5) is 5.69 Å². The van der Waals surface area contributed by atoms with Gasteiger partial charge < -0.3 is 14.8 Å². The molecule has 7 nitrogen and oxygen atoms in total. The number of carbonyl (C=O) groups is 1. The number of aryl methyl sites for hydroxylation is 1. The minimum atomic E-state index is -4.02. The number of nitrogens with one attached hydrogen (secondary N) is 2. The van der Waals surface area contributed by atoms with Crippen LogP contribution in [-0.2, 0) is 21.2 Å². The van der Waals surface area contributed by atoms with E-state index < -0.39 is 22.0 Å². The summed E-state index contributed by atoms with van der Waals surface area (Å²) in [5.74, 6) is 1.11. The van der Waals surface area contributed by atoms with E-state index in [-0.39, 0.29) is 11.3 Å². The van der Waals surface area contributed by atoms with Gasteiger partial charge in [-0.1, -0.05) is 60.7 Å². The average molecular weight is 517 g/mol. The normalized spacial score (nSPS) is 11.9. The molecule has 0 spiro atoms. The molecular weight excluding hydrogens is 488 g/mol. The number of sulfonamides is 1. The monoisotopic (exact) mass is 516 g/mol. The number of benzene rings is 4. The van der Waals surface area contributed by atoms with Crippen LogP contribution in [0.25, 0.3) is 0 Å². The first-order valence-electron chi connectivity index (χ1n) is 11.7. The highest BCUT2D eigenvalue weighted by molar-refractivity contribution is 7.89. The lowest BCUT2D eigenvalue weighted by atomic mass is 10.1. The topological polar surface area (TPSA) is 93.7 Å². The lowest BCUT2D eigenvalue weighted by molar-refractivity contribution is -0.117. The molecule has 0 saturated carbocycles. The van der Waals surface area contributed by atoms with Crippen LogP contribution in [0.15, 0.2) is 108 Å². The quantitative estimate of drug-likeness (QED) is 0.297. The molecule has 0 aliphatic carbocycles. The molecule has 8 heteroatoms. The predicted octanol–water partition coefficient (Wildman–Crippen LogP) is 5.32. The highest BCUT2D eigenvalue weighted by atomic mass is 32.2. The summed E-state index contributed by atoms with van der Waals surface area (Å²) >= 11 is 0. The van der Waals surface area contributed by atoms with Crippen LogP contribution < -0.4 is 19.5 Å². The van der Waals surface area contributed by atoms with Gasteiger partial charge in [0.15, 0.2) is 5.75 Å². The van der Waals surface area contributed by atoms with Crippen molar-refractivity contribution < 1.29 is 22.7 Å². The summed E-state index contributed by atoms with van der Waals surface area (Å²) in [6.07, 6.45) is 0.156. The van der Waals surface area contributed by atoms with Gasteiger partial charge in [-0.05, 0) is 66.9 Å². The van der Waals surface area contributed by atoms with Crippen LogP contribution in [-0.4, -0.2) is 27.5 Å². The summed E-state index contributed by atoms with van der Waals surface area (Å²) in [6, 6.07) is 28.9. The lowest BCUT2D eigenvalue weighted by Crippen LogP contribution is -2.45. The Labute approximate surface area is 217 Å². The second kappa shape index (κ2) is 11.7. The summed E-state index contributed by atoms with van der Waals surface area (Å²) in [5.41, 5.74) is 1.90. The molecule has 0 aliphatic rings. The fraction of sp³-hybridized carbons (Fsp3) is 0.138. The summed E-state index contributed by atoms with van der Waals surface area (Å²) < 4.78 is 40.4. The first-order chi connectivity index (χ1) is 17.9. The molecule has 0 aliphatic heterocycles. The number of anilines is 1. The highest BCUT2D eigenvalue weighted by Gasteiger charge is 2.27. The van der Waals surface area contributed by atoms with E-state index in [9.17, 15) is 13.2 Å². The number of carbonyl (C=O) groups excluding carboxylic acids is 1. The standard InChI is InChI=1S/C29H28N2O5S/c1-21-19-24(17-18-27(21)35-2)37(33,34)31-26(20-22-11-5-3-6-12-22)29(32)30-25-15-9-10-16-28(25)36-23-13-7-4-8-14-23/h3-19,26,31H,20H2,1-2H3,(H,30,32). The number of para-hydroxylation sites is 3. The molecule has 4 rings (SSSR count). The Bertz CT molecular complexity index is 1460. The Morgan fingerprint density at radius 3 is 2.16 bits per heavy atom. The second-order valence-corrected chi connectivity index (χ2v) is 10.1. The van der Waals surface area contributed by atoms with Crippen LogP contribution in [0.5, 0.6) is 17.2 Å². The zero-order valence-electron chi connectivity index (χ0n) is 20.5. The number of hydrogen-bond acceptors (Lipinski definition) is 5. The van der Waals surface area contributed by atoms with E-state index in [2.05, 4.69) is 10.0 Å². The van der Waals surface area contributed by atoms with Gasteiger partial charge >= 0.3 is 0 Å². The number of hydrogen-bond donors (Lipinski definition) is 2. The van der Waals surface area contributed by atoms with Gasteiger partial charge in [0.25, 0.3) is 0 Å². The van der Waals surface area contributed by atoms with E-state index in [4.69, 9.17) is 9.47 Å². The van der Waals surface area contributed by atoms with Crippen LogP contribution in [0.3, 0.4) is 0 Å². The summed E-state index contributed by atoms with van der Waals surface area (Å²) in [5, 5.41) is 2.84. The largest absolute Gasteiger partial charge is 0.496 e. The molecule has 0 aromatic heterocycles. The number of amides is 1. The molecule has 0 saturated heterocycles. The minimum Gasteiger partial charge on any atom is -0.496 e. The van der Waals surface area contributed by atoms with E-state index in [1.165, 1.54) is 19.2 Å². The Morgan fingerprint density at radius 1 is 0.838 bits per heavy atom. The van der Waals surface area contributed by atoms with Crippen molar-refractivity contribution in [1.29, 1.82) is 0 Å². The lowest BCUT2D eigenvalue weighted by Gasteiger charge is -2.20. The molecular formula is C29H28N2O5S. The van der Waals surface area contributed by atoms with Crippen LogP contribution in [0.2, 0.25) is 0 Å². The van der Waals surface area contributed by atoms with Gasteiger partial charge in [-0.25, -0.2) is 8.42 Å². The van der Waals surface area contributed by atoms with Crippen molar-refractivity contribution >= 4 is 21.6 Å². The van der Waals surface area contributed by atoms with Gasteiger partial charge in [-0.2, -0.15) is 4.72 Å². The molecule has 1 amide bonds. The van der Waals surface area contributed by atoms with Crippen molar-refractivity contribution in [2.45, 2.75) is 24.3 Å². The van der Waals surface area contributed by atoms with Crippen molar-refractivity contribution in [1.82, 2.24) is 4.72 Å². The van der Waals surface area contributed by atoms with Crippen molar-refractivity contribution in [3.8, 4) is 17.2 Å². The van der Waals surface area contributed by atoms with Gasteiger partial charge in [-0.15, -0.1) is 0 Å². The van der Waals surface area contributed by atoms with Crippen LogP contribution >= 0.6 is 0 Å². The van der Waals surface area contributed by atoms with Gasteiger partial charge in [0.05, 0.1) is 17.7 Å². The third-order valence-corrected chi connectivity index (χ3v) is 7.16. The maximum atomic E-state index is 13.5. The van der Waals surface area contributed by atoms with Crippen molar-refractivity contribution in [2.24, 2.45) is 0 Å². The van der Waals surface area contributed by atoms with E-state index in [0.717, 1.165) is 5.56 Å². The summed E-state index contributed by atoms with van der Waals surface area (Å²) in [7, 11) is -2.50. The molecule has 1 unspecified atom stereocenters. The summed E-state index contributed by atoms with van der Waals surface area (Å²) in [6.45, 7) is 1.76. The first kappa shape index (κ1) is 25.9. The van der Waals surface area contributed by atoms with Gasteiger partial charge in [-0.3, -0.25) is 4.79 Å². The van der Waals surface area contributed by atoms with Crippen molar-refractivity contribution in [3.63, 3.8) is 0 Å². The Balaban J connectivity index is 1.60. The third kappa shape index (κ3) is 6.75. The molecule has 0 bridgehead atoms. The summed E-state index contributed by atoms with van der Waals surface area (Å²) in [4.78, 5) is 13.5. The molecule has 2 N–H and O–H groups in total. The maximum Gasteiger partial charge on any atom is 0.243 e. The molecule has 4 aromatic rings. The number of ether oxygens (including phenoxy) is 2. The SMILES string of the molecule is COc1ccc(S(=O)(=O)NC(Cc2ccccc2)C(=O)Nc2ccccc2Oc2ccccc2)cc1C. The average Bonchev–Trinajstić information content (AvgIpc) is 2.90. The zero-order valence-corrected chi connectivity index (χ0v) is 21.4. The Kier molecular flexibility index (Phi) is 8.22. The first-order valence-corrected chi connectivity index (χ1v) is 13.2. The van der Waals surface area contributed by atoms with E-state index in [0.29, 0.717) is 28.5 Å². The van der Waals surface area contributed by atoms with Crippen molar-refractivity contribution in [2.75, 3.05) is 12.4 Å². The molecule has 37 heavy (non-hydrogen) atoms. The minimum absolute atomic E-state index is 0.0458. The zero-order chi connectivity index (χ0) is 26.3.